The van der Waals surface area contributed by atoms with Crippen LogP contribution in [0.15, 0.2) is 53.7 Å². The molecule has 0 amide bonds. The maximum Gasteiger partial charge on any atom is 0.229 e. The first kappa shape index (κ1) is 30.4. The van der Waals surface area contributed by atoms with E-state index in [-0.39, 0.29) is 65.8 Å². The highest BCUT2D eigenvalue weighted by Gasteiger charge is 2.48. The number of anilines is 1. The number of pyridine rings is 1. The van der Waals surface area contributed by atoms with Gasteiger partial charge in [-0.25, -0.2) is 9.98 Å². The molecule has 2 aliphatic heterocycles. The lowest BCUT2D eigenvalue weighted by Crippen LogP contribution is -2.61. The highest BCUT2D eigenvalue weighted by molar-refractivity contribution is 6.29. The average Bonchev–Trinajstić information content (AvgIpc) is 3.04. The first-order valence-electron chi connectivity index (χ1n) is 14.4. The zero-order valence-electron chi connectivity index (χ0n) is 24.0. The molecule has 6 rings (SSSR count). The van der Waals surface area contributed by atoms with Crippen molar-refractivity contribution in [3.63, 3.8) is 0 Å². The van der Waals surface area contributed by atoms with Gasteiger partial charge in [-0.05, 0) is 36.6 Å². The highest BCUT2D eigenvalue weighted by Crippen LogP contribution is 2.46. The Morgan fingerprint density at radius 2 is 1.80 bits per heavy atom. The number of nitrogens with zero attached hydrogens (tertiary/aromatic N) is 2. The molecule has 9 N–H and O–H groups in total. The van der Waals surface area contributed by atoms with Crippen LogP contribution in [0, 0.1) is 0 Å². The Kier molecular flexibility index (Phi) is 8.40. The number of ketones is 2. The van der Waals surface area contributed by atoms with Gasteiger partial charge in [0.1, 0.15) is 30.2 Å². The van der Waals surface area contributed by atoms with Gasteiger partial charge in [-0.15, -0.1) is 0 Å². The molecule has 0 saturated carbocycles. The number of hydrogen-bond donors (Lipinski definition) is 6. The smallest absolute Gasteiger partial charge is 0.229 e. The lowest BCUT2D eigenvalue weighted by Gasteiger charge is -2.42. The molecule has 1 aliphatic carbocycles. The Bertz CT molecular complexity index is 1660. The predicted molar refractivity (Wildman–Crippen MR) is 159 cm³/mol. The second-order valence-electron chi connectivity index (χ2n) is 11.0. The maximum atomic E-state index is 13.6. The lowest BCUT2D eigenvalue weighted by atomic mass is 9.81. The number of nitrogens with two attached hydrogens (primary N) is 3. The van der Waals surface area contributed by atoms with Crippen molar-refractivity contribution in [2.24, 2.45) is 16.5 Å². The van der Waals surface area contributed by atoms with Crippen LogP contribution in [0.1, 0.15) is 55.4 Å². The molecule has 1 aromatic heterocycles. The summed E-state index contributed by atoms with van der Waals surface area (Å²) in [6.45, 7) is 0.00321. The van der Waals surface area contributed by atoms with E-state index in [4.69, 9.17) is 36.1 Å². The van der Waals surface area contributed by atoms with Crippen LogP contribution in [-0.4, -0.2) is 88.4 Å². The number of nitrogen functional groups attached to an aromatic ring is 1. The molecule has 1 fully saturated rings. The van der Waals surface area contributed by atoms with E-state index in [1.54, 1.807) is 30.5 Å². The molecule has 3 heterocycles. The van der Waals surface area contributed by atoms with Gasteiger partial charge in [-0.3, -0.25) is 9.59 Å². The molecule has 236 valence electrons. The molecule has 1 saturated heterocycles. The van der Waals surface area contributed by atoms with Crippen molar-refractivity contribution in [2.45, 2.75) is 49.6 Å². The molecule has 6 atom stereocenters. The summed E-state index contributed by atoms with van der Waals surface area (Å²) >= 11 is 0. The minimum absolute atomic E-state index is 0.0487. The molecule has 45 heavy (non-hydrogen) atoms. The monoisotopic (exact) mass is 619 g/mol. The summed E-state index contributed by atoms with van der Waals surface area (Å²) in [6, 6.07) is 10.3. The number of rotatable bonds is 5. The highest BCUT2D eigenvalue weighted by atomic mass is 16.7. The summed E-state index contributed by atoms with van der Waals surface area (Å²) in [5.41, 5.74) is 18.3. The second kappa shape index (κ2) is 12.4. The molecule has 0 radical (unpaired) electrons. The normalized spacial score (nSPS) is 26.0. The zero-order chi connectivity index (χ0) is 31.8. The average molecular weight is 620 g/mol. The Morgan fingerprint density at radius 3 is 2.53 bits per heavy atom. The minimum atomic E-state index is -1.49. The van der Waals surface area contributed by atoms with Crippen LogP contribution < -0.4 is 21.9 Å². The fourth-order valence-electron chi connectivity index (χ4n) is 5.87. The quantitative estimate of drug-likeness (QED) is 0.131. The molecular formula is C31H33N5O9. The molecular weight excluding hydrogens is 586 g/mol. The van der Waals surface area contributed by atoms with Crippen molar-refractivity contribution < 1.29 is 43.9 Å². The molecule has 2 bridgehead atoms. The van der Waals surface area contributed by atoms with Crippen molar-refractivity contribution >= 4 is 23.3 Å². The van der Waals surface area contributed by atoms with E-state index in [9.17, 15) is 24.9 Å². The Morgan fingerprint density at radius 1 is 1.04 bits per heavy atom. The number of carbonyl (C=O) groups is 2. The maximum absolute atomic E-state index is 13.6. The van der Waals surface area contributed by atoms with Crippen molar-refractivity contribution in [3.05, 3.63) is 82.0 Å². The number of fused-ring (bicyclic) bond motifs is 5. The van der Waals surface area contributed by atoms with Crippen molar-refractivity contribution in [1.82, 2.24) is 4.98 Å². The Labute approximate surface area is 257 Å². The third-order valence-electron chi connectivity index (χ3n) is 8.08. The van der Waals surface area contributed by atoms with E-state index >= 15 is 0 Å². The number of guanidine groups is 1. The largest absolute Gasteiger partial charge is 0.504 e. The third kappa shape index (κ3) is 5.81. The van der Waals surface area contributed by atoms with Crippen LogP contribution in [0.5, 0.6) is 11.5 Å². The number of hydrogen-bond acceptors (Lipinski definition) is 12. The van der Waals surface area contributed by atoms with Crippen LogP contribution >= 0.6 is 0 Å². The fourth-order valence-corrected chi connectivity index (χ4v) is 5.87. The molecule has 3 aromatic rings. The lowest BCUT2D eigenvalue weighted by molar-refractivity contribution is -0.289. The predicted octanol–water partition coefficient (Wildman–Crippen LogP) is 0.333. The van der Waals surface area contributed by atoms with E-state index in [2.05, 4.69) is 9.98 Å². The summed E-state index contributed by atoms with van der Waals surface area (Å²) in [5, 5.41) is 33.7. The first-order chi connectivity index (χ1) is 21.6. The number of aliphatic hydroxyl groups is 2. The number of phenolic OH excluding ortho intramolecular Hbond substituents is 1. The Hall–Kier alpha value is -4.60. The number of aromatic hydroxyl groups is 1. The van der Waals surface area contributed by atoms with Gasteiger partial charge < -0.3 is 51.5 Å². The van der Waals surface area contributed by atoms with Gasteiger partial charge in [0.2, 0.25) is 6.29 Å². The van der Waals surface area contributed by atoms with Gasteiger partial charge in [0.05, 0.1) is 24.8 Å². The SMILES string of the molecule is NC(N)=N[C@@H]1CCOC[C@@H]2O[C@H](Oc3c1cc1c(c3O)C(=O)c3ccccc3C1=O)[C@@H](OCCc1ccnc(N)c1)[C@H](O)[C@H]2O. The van der Waals surface area contributed by atoms with Gasteiger partial charge in [0.15, 0.2) is 29.0 Å². The number of aliphatic imine (C=N–C) groups is 1. The fraction of sp³-hybridized carbons (Fsp3) is 0.355. The van der Waals surface area contributed by atoms with Gasteiger partial charge >= 0.3 is 0 Å². The number of phenols is 1. The van der Waals surface area contributed by atoms with Gasteiger partial charge in [0.25, 0.3) is 0 Å². The molecule has 14 heteroatoms. The van der Waals surface area contributed by atoms with Crippen LogP contribution in [-0.2, 0) is 20.6 Å². The van der Waals surface area contributed by atoms with Crippen LogP contribution in [0.3, 0.4) is 0 Å². The van der Waals surface area contributed by atoms with Crippen molar-refractivity contribution in [1.29, 1.82) is 0 Å². The topological polar surface area (TPSA) is 235 Å². The second-order valence-corrected chi connectivity index (χ2v) is 11.0. The van der Waals surface area contributed by atoms with Crippen LogP contribution in [0.2, 0.25) is 0 Å². The summed E-state index contributed by atoms with van der Waals surface area (Å²) in [6.07, 6.45) is -4.52. The molecule has 14 nitrogen and oxygen atoms in total. The summed E-state index contributed by atoms with van der Waals surface area (Å²) in [5.74, 6) is -1.86. The molecule has 0 unspecified atom stereocenters. The zero-order valence-corrected chi connectivity index (χ0v) is 24.0. The van der Waals surface area contributed by atoms with Gasteiger partial charge in [-0.2, -0.15) is 0 Å². The summed E-state index contributed by atoms with van der Waals surface area (Å²) in [7, 11) is 0. The van der Waals surface area contributed by atoms with E-state index in [0.29, 0.717) is 12.2 Å². The van der Waals surface area contributed by atoms with E-state index in [1.807, 2.05) is 0 Å². The first-order valence-corrected chi connectivity index (χ1v) is 14.4. The standard InChI is InChI=1S/C31H33N5O9/c32-21-11-14(5-8-35-21)6-10-43-29-27(41)25(39)20-13-42-9-7-19(36-31(33)34)17-12-18-22(26(40)28(17)45-30(29)44-20)24(38)16-4-2-1-3-15(16)23(18)37/h1-5,8,11-12,19-20,25,27,29-30,39-41H,6-7,9-10,13H2,(H2,32,35)(H4,33,34,36)/t19-,20+,25+,27-,29+,30-/m1/s1. The summed E-state index contributed by atoms with van der Waals surface area (Å²) in [4.78, 5) is 35.5. The molecule has 0 spiro atoms. The van der Waals surface area contributed by atoms with E-state index < -0.39 is 54.1 Å². The van der Waals surface area contributed by atoms with Gasteiger partial charge in [-0.1, -0.05) is 24.3 Å². The Balaban J connectivity index is 1.43. The molecule has 3 aliphatic rings. The number of aliphatic hydroxyl groups excluding tert-OH is 2. The van der Waals surface area contributed by atoms with Crippen molar-refractivity contribution in [2.75, 3.05) is 25.6 Å². The number of benzene rings is 2. The minimum Gasteiger partial charge on any atom is -0.504 e. The van der Waals surface area contributed by atoms with Crippen LogP contribution in [0.4, 0.5) is 5.82 Å². The molecule has 2 aromatic carbocycles. The third-order valence-corrected chi connectivity index (χ3v) is 8.08. The van der Waals surface area contributed by atoms with E-state index in [0.717, 1.165) is 5.56 Å². The summed E-state index contributed by atoms with van der Waals surface area (Å²) < 4.78 is 24.1. The number of ether oxygens (including phenoxy) is 4. The van der Waals surface area contributed by atoms with Gasteiger partial charge in [0, 0.05) is 35.1 Å². The van der Waals surface area contributed by atoms with Crippen LogP contribution in [0.25, 0.3) is 0 Å². The number of aromatic nitrogens is 1. The van der Waals surface area contributed by atoms with E-state index in [1.165, 1.54) is 18.2 Å². The number of carbonyl (C=O) groups excluding carboxylic acids is 2. The van der Waals surface area contributed by atoms with Crippen molar-refractivity contribution in [3.8, 4) is 11.5 Å².